The van der Waals surface area contributed by atoms with Gasteiger partial charge in [0.25, 0.3) is 5.91 Å². The van der Waals surface area contributed by atoms with Crippen molar-refractivity contribution in [2.75, 3.05) is 0 Å². The Morgan fingerprint density at radius 1 is 1.27 bits per heavy atom. The average molecular weight is 430 g/mol. The number of carbonyl (C=O) groups is 1. The molecule has 0 unspecified atom stereocenters. The van der Waals surface area contributed by atoms with Crippen molar-refractivity contribution < 1.29 is 13.9 Å². The number of ether oxygens (including phenoxy) is 1. The Bertz CT molecular complexity index is 973. The summed E-state index contributed by atoms with van der Waals surface area (Å²) in [6.07, 6.45) is 4.53. The Labute approximate surface area is 181 Å². The lowest BCUT2D eigenvalue weighted by atomic mass is 9.90. The summed E-state index contributed by atoms with van der Waals surface area (Å²) in [5, 5.41) is 12.3. The molecule has 0 aliphatic heterocycles. The molecule has 1 amide bonds. The van der Waals surface area contributed by atoms with E-state index >= 15 is 0 Å². The molecule has 2 aromatic rings. The van der Waals surface area contributed by atoms with Gasteiger partial charge < -0.3 is 10.1 Å². The second-order valence-corrected chi connectivity index (χ2v) is 9.03. The van der Waals surface area contributed by atoms with Crippen LogP contribution in [-0.2, 0) is 5.41 Å². The summed E-state index contributed by atoms with van der Waals surface area (Å²) in [6, 6.07) is 8.31. The molecule has 0 bridgehead atoms. The largest absolute Gasteiger partial charge is 0.490 e. The van der Waals surface area contributed by atoms with E-state index in [0.717, 1.165) is 25.7 Å². The molecule has 3 rings (SSSR count). The van der Waals surface area contributed by atoms with Gasteiger partial charge in [-0.2, -0.15) is 5.26 Å². The van der Waals surface area contributed by atoms with Crippen LogP contribution in [0.1, 0.15) is 68.1 Å². The van der Waals surface area contributed by atoms with Crippen molar-refractivity contribution in [3.05, 3.63) is 58.1 Å². The average Bonchev–Trinajstić information content (AvgIpc) is 2.68. The number of aromatic nitrogens is 1. The Balaban J connectivity index is 1.53. The van der Waals surface area contributed by atoms with Gasteiger partial charge in [-0.15, -0.1) is 0 Å². The predicted octanol–water partition coefficient (Wildman–Crippen LogP) is 5.16. The second kappa shape index (κ2) is 9.01. The third kappa shape index (κ3) is 5.28. The van der Waals surface area contributed by atoms with Gasteiger partial charge in [-0.1, -0.05) is 32.4 Å². The lowest BCUT2D eigenvalue weighted by Gasteiger charge is -2.29. The summed E-state index contributed by atoms with van der Waals surface area (Å²) >= 11 is 6.05. The molecule has 1 saturated carbocycles. The van der Waals surface area contributed by atoms with E-state index in [2.05, 4.69) is 10.3 Å². The van der Waals surface area contributed by atoms with Crippen LogP contribution in [0.2, 0.25) is 5.02 Å². The van der Waals surface area contributed by atoms with Gasteiger partial charge in [0.15, 0.2) is 0 Å². The minimum atomic E-state index is -0.465. The van der Waals surface area contributed by atoms with Gasteiger partial charge in [0.1, 0.15) is 17.6 Å². The molecule has 1 aromatic heterocycles. The molecule has 7 heteroatoms. The first-order chi connectivity index (χ1) is 14.2. The highest BCUT2D eigenvalue weighted by atomic mass is 35.5. The molecule has 158 valence electrons. The first kappa shape index (κ1) is 22.0. The van der Waals surface area contributed by atoms with Crippen molar-refractivity contribution >= 4 is 17.5 Å². The highest BCUT2D eigenvalue weighted by molar-refractivity contribution is 6.31. The molecule has 0 spiro atoms. The predicted molar refractivity (Wildman–Crippen MR) is 113 cm³/mol. The Kier molecular flexibility index (Phi) is 6.62. The minimum Gasteiger partial charge on any atom is -0.490 e. The maximum Gasteiger partial charge on any atom is 0.253 e. The fourth-order valence-corrected chi connectivity index (χ4v) is 3.77. The van der Waals surface area contributed by atoms with Crippen molar-refractivity contribution in [3.63, 3.8) is 0 Å². The summed E-state index contributed by atoms with van der Waals surface area (Å²) in [5.74, 6) is -0.148. The van der Waals surface area contributed by atoms with Crippen LogP contribution in [-0.4, -0.2) is 23.0 Å². The lowest BCUT2D eigenvalue weighted by Crippen LogP contribution is -2.39. The summed E-state index contributed by atoms with van der Waals surface area (Å²) < 4.78 is 20.3. The van der Waals surface area contributed by atoms with E-state index in [9.17, 15) is 9.18 Å². The summed E-state index contributed by atoms with van der Waals surface area (Å²) in [7, 11) is 0. The third-order valence-corrected chi connectivity index (χ3v) is 5.50. The molecule has 1 fully saturated rings. The summed E-state index contributed by atoms with van der Waals surface area (Å²) in [5.41, 5.74) is 0.569. The number of halogens is 2. The fraction of sp³-hybridized carbons (Fsp3) is 0.435. The molecule has 1 aromatic carbocycles. The van der Waals surface area contributed by atoms with Gasteiger partial charge in [-0.05, 0) is 43.9 Å². The van der Waals surface area contributed by atoms with Crippen molar-refractivity contribution in [2.24, 2.45) is 0 Å². The molecule has 0 atom stereocenters. The van der Waals surface area contributed by atoms with E-state index in [0.29, 0.717) is 22.0 Å². The number of pyridine rings is 1. The number of rotatable bonds is 4. The van der Waals surface area contributed by atoms with Crippen LogP contribution >= 0.6 is 11.6 Å². The number of nitrogens with zero attached hydrogens (tertiary/aromatic N) is 2. The maximum absolute atomic E-state index is 14.3. The number of amides is 1. The van der Waals surface area contributed by atoms with Crippen LogP contribution in [0.4, 0.5) is 4.39 Å². The van der Waals surface area contributed by atoms with E-state index in [4.69, 9.17) is 21.6 Å². The quantitative estimate of drug-likeness (QED) is 0.728. The Morgan fingerprint density at radius 2 is 1.97 bits per heavy atom. The number of hydrogen-bond acceptors (Lipinski definition) is 4. The molecule has 1 aliphatic carbocycles. The molecular weight excluding hydrogens is 405 g/mol. The molecule has 30 heavy (non-hydrogen) atoms. The van der Waals surface area contributed by atoms with Crippen molar-refractivity contribution in [3.8, 4) is 11.8 Å². The zero-order valence-corrected chi connectivity index (χ0v) is 18.1. The fourth-order valence-electron chi connectivity index (χ4n) is 3.56. The number of benzene rings is 1. The number of carbonyl (C=O) groups excluding carboxylic acids is 1. The smallest absolute Gasteiger partial charge is 0.253 e. The monoisotopic (exact) mass is 429 g/mol. The summed E-state index contributed by atoms with van der Waals surface area (Å²) in [6.45, 7) is 5.64. The summed E-state index contributed by atoms with van der Waals surface area (Å²) in [4.78, 5) is 16.7. The van der Waals surface area contributed by atoms with Crippen LogP contribution < -0.4 is 10.1 Å². The third-order valence-electron chi connectivity index (χ3n) is 5.19. The maximum atomic E-state index is 14.3. The number of nitriles is 1. The van der Waals surface area contributed by atoms with Gasteiger partial charge in [-0.3, -0.25) is 9.78 Å². The van der Waals surface area contributed by atoms with Gasteiger partial charge in [0, 0.05) is 23.7 Å². The van der Waals surface area contributed by atoms with Gasteiger partial charge in [0.05, 0.1) is 27.9 Å². The van der Waals surface area contributed by atoms with E-state index in [-0.39, 0.29) is 23.6 Å². The minimum absolute atomic E-state index is 0.00672. The zero-order chi connectivity index (χ0) is 21.9. The first-order valence-electron chi connectivity index (χ1n) is 10.0. The van der Waals surface area contributed by atoms with E-state index in [1.807, 2.05) is 26.8 Å². The standard InChI is InChI=1S/C23H25ClFN3O2/c1-23(2,3)21-20(25)10-15(13-27-21)22(29)28-16-5-8-17(9-6-16)30-18-7-4-14(12-26)19(24)11-18/h4,7,10-11,13,16-17H,5-6,8-9H2,1-3H3,(H,28,29). The normalized spacial score (nSPS) is 19.1. The van der Waals surface area contributed by atoms with Crippen LogP contribution in [0.25, 0.3) is 0 Å². The van der Waals surface area contributed by atoms with Crippen LogP contribution in [0.15, 0.2) is 30.5 Å². The van der Waals surface area contributed by atoms with E-state index in [1.165, 1.54) is 12.3 Å². The van der Waals surface area contributed by atoms with E-state index in [1.54, 1.807) is 18.2 Å². The van der Waals surface area contributed by atoms with Crippen molar-refractivity contribution in [2.45, 2.75) is 64.0 Å². The molecule has 1 heterocycles. The van der Waals surface area contributed by atoms with Crippen molar-refractivity contribution in [1.29, 1.82) is 5.26 Å². The van der Waals surface area contributed by atoms with Gasteiger partial charge >= 0.3 is 0 Å². The molecule has 0 saturated heterocycles. The topological polar surface area (TPSA) is 75.0 Å². The second-order valence-electron chi connectivity index (χ2n) is 8.62. The van der Waals surface area contributed by atoms with E-state index < -0.39 is 11.2 Å². The highest BCUT2D eigenvalue weighted by Gasteiger charge is 2.26. The molecule has 1 N–H and O–H groups in total. The highest BCUT2D eigenvalue weighted by Crippen LogP contribution is 2.28. The lowest BCUT2D eigenvalue weighted by molar-refractivity contribution is 0.0893. The molecular formula is C23H25ClFN3O2. The van der Waals surface area contributed by atoms with Gasteiger partial charge in [-0.25, -0.2) is 4.39 Å². The Hall–Kier alpha value is -2.65. The number of nitrogens with one attached hydrogen (secondary N) is 1. The molecule has 1 aliphatic rings. The SMILES string of the molecule is CC(C)(C)c1ncc(C(=O)NC2CCC(Oc3ccc(C#N)c(Cl)c3)CC2)cc1F. The van der Waals surface area contributed by atoms with Crippen molar-refractivity contribution in [1.82, 2.24) is 10.3 Å². The van der Waals surface area contributed by atoms with Crippen LogP contribution in [0.3, 0.4) is 0 Å². The first-order valence-corrected chi connectivity index (χ1v) is 10.4. The number of hydrogen-bond donors (Lipinski definition) is 1. The molecule has 0 radical (unpaired) electrons. The van der Waals surface area contributed by atoms with Crippen LogP contribution in [0, 0.1) is 17.1 Å². The van der Waals surface area contributed by atoms with Gasteiger partial charge in [0.2, 0.25) is 0 Å². The zero-order valence-electron chi connectivity index (χ0n) is 17.3. The van der Waals surface area contributed by atoms with Crippen LogP contribution in [0.5, 0.6) is 5.75 Å². The molecule has 5 nitrogen and oxygen atoms in total. The Morgan fingerprint density at radius 3 is 2.53 bits per heavy atom.